The van der Waals surface area contributed by atoms with Gasteiger partial charge in [-0.3, -0.25) is 0 Å². The summed E-state index contributed by atoms with van der Waals surface area (Å²) < 4.78 is 14.0. The summed E-state index contributed by atoms with van der Waals surface area (Å²) in [5.41, 5.74) is 16.9. The van der Waals surface area contributed by atoms with Crippen LogP contribution in [0.15, 0.2) is 146 Å². The molecule has 2 aliphatic carbocycles. The molecule has 8 aromatic rings. The van der Waals surface area contributed by atoms with E-state index in [0.717, 1.165) is 23.0 Å². The number of thiophene rings is 2. The van der Waals surface area contributed by atoms with Gasteiger partial charge in [-0.25, -0.2) is 0 Å². The Kier molecular flexibility index (Phi) is 8.27. The van der Waals surface area contributed by atoms with Gasteiger partial charge in [0.25, 0.3) is 0 Å². The van der Waals surface area contributed by atoms with E-state index in [2.05, 4.69) is 157 Å². The van der Waals surface area contributed by atoms with Crippen molar-refractivity contribution in [2.45, 2.75) is 10.8 Å². The number of hydroxylamine groups is 2. The van der Waals surface area contributed by atoms with Gasteiger partial charge >= 0.3 is 0 Å². The second kappa shape index (κ2) is 13.4. The minimum atomic E-state index is -0.609. The van der Waals surface area contributed by atoms with Gasteiger partial charge in [-0.05, 0) is 93.0 Å². The van der Waals surface area contributed by atoms with E-state index >= 15 is 0 Å². The van der Waals surface area contributed by atoms with Crippen LogP contribution in [0, 0.1) is 0 Å². The smallest absolute Gasteiger partial charge is 0.147 e. The van der Waals surface area contributed by atoms with Gasteiger partial charge in [-0.2, -0.15) is 11.0 Å². The molecule has 2 unspecified atom stereocenters. The number of methoxy groups -OCH3 is 2. The lowest BCUT2D eigenvalue weighted by atomic mass is 9.67. The lowest BCUT2D eigenvalue weighted by molar-refractivity contribution is 0.223. The summed E-state index contributed by atoms with van der Waals surface area (Å²) >= 11 is 3.85. The third kappa shape index (κ3) is 4.74. The molecule has 2 aromatic heterocycles. The van der Waals surface area contributed by atoms with Crippen molar-refractivity contribution in [1.29, 1.82) is 0 Å². The zero-order valence-electron chi connectivity index (χ0n) is 31.3. The molecule has 2 atom stereocenters. The predicted octanol–water partition coefficient (Wildman–Crippen LogP) is 10.7. The fourth-order valence-electron chi connectivity index (χ4n) is 9.28. The fourth-order valence-corrected chi connectivity index (χ4v) is 12.5. The van der Waals surface area contributed by atoms with Crippen molar-refractivity contribution in [1.82, 2.24) is 11.0 Å². The van der Waals surface area contributed by atoms with Gasteiger partial charge < -0.3 is 19.1 Å². The van der Waals surface area contributed by atoms with Crippen LogP contribution in [0.4, 0.5) is 0 Å². The van der Waals surface area contributed by atoms with E-state index in [1.807, 2.05) is 22.7 Å². The predicted molar refractivity (Wildman–Crippen MR) is 227 cm³/mol. The van der Waals surface area contributed by atoms with E-state index in [1.165, 1.54) is 74.8 Å². The number of hydrogen-bond donors (Lipinski definition) is 2. The molecule has 0 spiro atoms. The molecule has 0 bridgehead atoms. The Hall–Kier alpha value is -5.90. The van der Waals surface area contributed by atoms with E-state index < -0.39 is 10.8 Å². The van der Waals surface area contributed by atoms with E-state index in [1.54, 1.807) is 28.3 Å². The van der Waals surface area contributed by atoms with Crippen molar-refractivity contribution < 1.29 is 19.1 Å². The molecule has 0 saturated carbocycles. The van der Waals surface area contributed by atoms with Crippen molar-refractivity contribution in [2.75, 3.05) is 28.3 Å². The molecule has 2 N–H and O–H groups in total. The summed E-state index contributed by atoms with van der Waals surface area (Å²) in [5.74, 6) is 3.16. The Labute approximate surface area is 333 Å². The molecule has 0 aliphatic heterocycles. The highest BCUT2D eigenvalue weighted by Gasteiger charge is 2.53. The first kappa shape index (κ1) is 34.6. The van der Waals surface area contributed by atoms with Crippen molar-refractivity contribution in [3.05, 3.63) is 190 Å². The van der Waals surface area contributed by atoms with Gasteiger partial charge in [0.1, 0.15) is 23.0 Å². The molecule has 8 heteroatoms. The second-order valence-corrected chi connectivity index (χ2v) is 16.0. The first-order chi connectivity index (χ1) is 27.6. The molecule has 10 rings (SSSR count). The summed E-state index contributed by atoms with van der Waals surface area (Å²) in [5, 5.41) is 0. The summed E-state index contributed by atoms with van der Waals surface area (Å²) in [6.45, 7) is 0. The Morgan fingerprint density at radius 1 is 0.411 bits per heavy atom. The Morgan fingerprint density at radius 2 is 0.732 bits per heavy atom. The van der Waals surface area contributed by atoms with Crippen LogP contribution in [0.5, 0.6) is 23.0 Å². The van der Waals surface area contributed by atoms with E-state index in [4.69, 9.17) is 19.1 Å². The monoisotopic (exact) mass is 770 g/mol. The summed E-state index contributed by atoms with van der Waals surface area (Å²) in [6.07, 6.45) is 0. The summed E-state index contributed by atoms with van der Waals surface area (Å²) in [7, 11) is 6.99. The number of benzene rings is 6. The molecule has 6 nitrogen and oxygen atoms in total. The highest BCUT2D eigenvalue weighted by Crippen LogP contribution is 2.68. The molecule has 0 saturated heterocycles. The Balaban J connectivity index is 1.33. The number of fused-ring (bicyclic) bond motifs is 9. The maximum Gasteiger partial charge on any atom is 0.147 e. The highest BCUT2D eigenvalue weighted by molar-refractivity contribution is 7.32. The SMILES string of the molecule is CNOc1ccc(C2(c3ccc(OC)cc3)c3ccccc3-c3sc4c5c(sc4c32)-c2ccccc2C5(c2ccc(OC)cc2)c2ccc(ONC)cc2)cc1. The van der Waals surface area contributed by atoms with Gasteiger partial charge in [-0.15, -0.1) is 22.7 Å². The maximum absolute atomic E-state index is 5.72. The molecule has 0 fully saturated rings. The van der Waals surface area contributed by atoms with E-state index in [0.29, 0.717) is 0 Å². The molecule has 2 aliphatic rings. The van der Waals surface area contributed by atoms with Crippen LogP contribution in [0.1, 0.15) is 44.5 Å². The van der Waals surface area contributed by atoms with Gasteiger partial charge in [0.2, 0.25) is 0 Å². The second-order valence-electron chi connectivity index (χ2n) is 14.0. The van der Waals surface area contributed by atoms with Crippen LogP contribution in [0.25, 0.3) is 30.3 Å². The first-order valence-corrected chi connectivity index (χ1v) is 20.2. The normalized spacial score (nSPS) is 17.6. The minimum absolute atomic E-state index is 0.609. The number of ether oxygens (including phenoxy) is 2. The molecule has 56 heavy (non-hydrogen) atoms. The maximum atomic E-state index is 5.72. The lowest BCUT2D eigenvalue weighted by Crippen LogP contribution is -2.29. The summed E-state index contributed by atoms with van der Waals surface area (Å²) in [4.78, 5) is 14.0. The lowest BCUT2D eigenvalue weighted by Gasteiger charge is -2.34. The number of nitrogens with one attached hydrogen (secondary N) is 2. The molecule has 2 heterocycles. The summed E-state index contributed by atoms with van der Waals surface area (Å²) in [6, 6.07) is 52.3. The van der Waals surface area contributed by atoms with Gasteiger partial charge in [0, 0.05) is 35.0 Å². The third-order valence-corrected chi connectivity index (χ3v) is 14.1. The van der Waals surface area contributed by atoms with Gasteiger partial charge in [0.05, 0.1) is 34.4 Å². The first-order valence-electron chi connectivity index (χ1n) is 18.5. The third-order valence-electron chi connectivity index (χ3n) is 11.5. The van der Waals surface area contributed by atoms with Crippen LogP contribution in [0.2, 0.25) is 0 Å². The highest BCUT2D eigenvalue weighted by atomic mass is 32.1. The van der Waals surface area contributed by atoms with Crippen molar-refractivity contribution in [3.8, 4) is 43.9 Å². The quantitative estimate of drug-likeness (QED) is 0.135. The standard InChI is InChI=1S/C48H38N2O4S2/c1-49-53-35-25-17-31(18-26-35)47(29-13-21-33(51-3)22-14-29)39-11-7-5-9-37(39)43-41(47)45-46(55-43)42-44(56-45)38-10-6-8-12-40(38)48(42,30-15-23-34(52-4)24-16-30)32-19-27-36(28-20-32)54-50-2/h5-28,49-50H,1-4H3. The van der Waals surface area contributed by atoms with Crippen LogP contribution < -0.4 is 30.1 Å². The van der Waals surface area contributed by atoms with Crippen LogP contribution in [-0.4, -0.2) is 28.3 Å². The van der Waals surface area contributed by atoms with Crippen molar-refractivity contribution in [2.24, 2.45) is 0 Å². The molecule has 0 amide bonds. The molecule has 276 valence electrons. The molecule has 0 radical (unpaired) electrons. The number of rotatable bonds is 10. The zero-order chi connectivity index (χ0) is 38.0. The van der Waals surface area contributed by atoms with Gasteiger partial charge in [-0.1, -0.05) is 97.1 Å². The van der Waals surface area contributed by atoms with E-state index in [-0.39, 0.29) is 0 Å². The van der Waals surface area contributed by atoms with Gasteiger partial charge in [0.15, 0.2) is 0 Å². The van der Waals surface area contributed by atoms with Crippen molar-refractivity contribution >= 4 is 32.1 Å². The molecular formula is C48H38N2O4S2. The number of hydrogen-bond acceptors (Lipinski definition) is 8. The van der Waals surface area contributed by atoms with Crippen LogP contribution >= 0.6 is 22.7 Å². The fraction of sp³-hybridized carbons (Fsp3) is 0.125. The Bertz CT molecular complexity index is 2550. The van der Waals surface area contributed by atoms with Crippen LogP contribution in [-0.2, 0) is 10.8 Å². The zero-order valence-corrected chi connectivity index (χ0v) is 32.9. The minimum Gasteiger partial charge on any atom is -0.497 e. The topological polar surface area (TPSA) is 61.0 Å². The Morgan fingerprint density at radius 3 is 1.05 bits per heavy atom. The average Bonchev–Trinajstić information content (AvgIpc) is 3.96. The van der Waals surface area contributed by atoms with Crippen LogP contribution in [0.3, 0.4) is 0 Å². The molecular weight excluding hydrogens is 733 g/mol. The van der Waals surface area contributed by atoms with Crippen molar-refractivity contribution in [3.63, 3.8) is 0 Å². The molecule has 6 aromatic carbocycles. The average molecular weight is 771 g/mol. The van der Waals surface area contributed by atoms with E-state index in [9.17, 15) is 0 Å². The largest absolute Gasteiger partial charge is 0.497 e.